The first-order valence-corrected chi connectivity index (χ1v) is 10.2. The third kappa shape index (κ3) is 4.06. The third-order valence-electron chi connectivity index (χ3n) is 5.93. The Labute approximate surface area is 166 Å². The van der Waals surface area contributed by atoms with Crippen molar-refractivity contribution in [1.29, 1.82) is 0 Å². The van der Waals surface area contributed by atoms with Gasteiger partial charge in [0.05, 0.1) is 7.11 Å². The molecule has 1 saturated heterocycles. The molecule has 1 N–H and O–H groups in total. The fraction of sp³-hybridized carbons (Fsp3) is 0.375. The molecule has 146 valence electrons. The number of aromatic nitrogens is 1. The van der Waals surface area contributed by atoms with Crippen LogP contribution in [0, 0.1) is 0 Å². The smallest absolute Gasteiger partial charge is 0.222 e. The molecule has 4 heteroatoms. The SMILES string of the molecule is COc1ccc2c(CCCC(=O)N3CCC(c4ccccc4)CC3)c[nH]c2c1. The summed E-state index contributed by atoms with van der Waals surface area (Å²) < 4.78 is 5.28. The van der Waals surface area contributed by atoms with Gasteiger partial charge < -0.3 is 14.6 Å². The molecule has 0 radical (unpaired) electrons. The number of carbonyl (C=O) groups is 1. The van der Waals surface area contributed by atoms with Crippen molar-refractivity contribution < 1.29 is 9.53 Å². The van der Waals surface area contributed by atoms with Crippen molar-refractivity contribution in [2.24, 2.45) is 0 Å². The van der Waals surface area contributed by atoms with Crippen molar-refractivity contribution in [2.75, 3.05) is 20.2 Å². The third-order valence-corrected chi connectivity index (χ3v) is 5.93. The molecule has 1 aliphatic heterocycles. The van der Waals surface area contributed by atoms with Crippen molar-refractivity contribution in [3.05, 3.63) is 65.9 Å². The molecular formula is C24H28N2O2. The highest BCUT2D eigenvalue weighted by Crippen LogP contribution is 2.28. The van der Waals surface area contributed by atoms with Gasteiger partial charge in [0.25, 0.3) is 0 Å². The number of amides is 1. The minimum atomic E-state index is 0.299. The van der Waals surface area contributed by atoms with E-state index in [4.69, 9.17) is 4.74 Å². The maximum Gasteiger partial charge on any atom is 0.222 e. The number of aromatic amines is 1. The molecule has 0 unspecified atom stereocenters. The van der Waals surface area contributed by atoms with Gasteiger partial charge in [-0.2, -0.15) is 0 Å². The molecule has 1 aliphatic rings. The Bertz CT molecular complexity index is 924. The van der Waals surface area contributed by atoms with Crippen molar-refractivity contribution in [1.82, 2.24) is 9.88 Å². The van der Waals surface area contributed by atoms with Crippen LogP contribution in [-0.2, 0) is 11.2 Å². The Morgan fingerprint density at radius 1 is 1.14 bits per heavy atom. The van der Waals surface area contributed by atoms with Gasteiger partial charge in [0, 0.05) is 42.7 Å². The minimum Gasteiger partial charge on any atom is -0.497 e. The number of nitrogens with one attached hydrogen (secondary N) is 1. The summed E-state index contributed by atoms with van der Waals surface area (Å²) in [5.41, 5.74) is 3.77. The van der Waals surface area contributed by atoms with Gasteiger partial charge >= 0.3 is 0 Å². The summed E-state index contributed by atoms with van der Waals surface area (Å²) in [6.07, 6.45) is 6.62. The van der Waals surface area contributed by atoms with Crippen LogP contribution in [-0.4, -0.2) is 36.0 Å². The first-order valence-electron chi connectivity index (χ1n) is 10.2. The maximum atomic E-state index is 12.6. The predicted octanol–water partition coefficient (Wildman–Crippen LogP) is 4.91. The van der Waals surface area contributed by atoms with Crippen LogP contribution in [0.5, 0.6) is 5.75 Å². The largest absolute Gasteiger partial charge is 0.497 e. The second-order valence-corrected chi connectivity index (χ2v) is 7.64. The molecule has 0 saturated carbocycles. The van der Waals surface area contributed by atoms with E-state index in [9.17, 15) is 4.79 Å². The number of likely N-dealkylation sites (tertiary alicyclic amines) is 1. The molecule has 0 atom stereocenters. The van der Waals surface area contributed by atoms with Crippen LogP contribution in [0.4, 0.5) is 0 Å². The maximum absolute atomic E-state index is 12.6. The molecule has 2 aromatic carbocycles. The lowest BCUT2D eigenvalue weighted by molar-refractivity contribution is -0.132. The summed E-state index contributed by atoms with van der Waals surface area (Å²) in [6, 6.07) is 16.8. The van der Waals surface area contributed by atoms with E-state index in [0.717, 1.165) is 50.0 Å². The van der Waals surface area contributed by atoms with Gasteiger partial charge in [0.1, 0.15) is 5.75 Å². The normalized spacial score (nSPS) is 15.1. The number of fused-ring (bicyclic) bond motifs is 1. The summed E-state index contributed by atoms with van der Waals surface area (Å²) in [7, 11) is 1.68. The Morgan fingerprint density at radius 2 is 1.93 bits per heavy atom. The Hall–Kier alpha value is -2.75. The van der Waals surface area contributed by atoms with Gasteiger partial charge in [-0.1, -0.05) is 30.3 Å². The number of nitrogens with zero attached hydrogens (tertiary/aromatic N) is 1. The van der Waals surface area contributed by atoms with Gasteiger partial charge in [-0.3, -0.25) is 4.79 Å². The van der Waals surface area contributed by atoms with Gasteiger partial charge in [-0.25, -0.2) is 0 Å². The van der Waals surface area contributed by atoms with Crippen LogP contribution in [0.3, 0.4) is 0 Å². The zero-order chi connectivity index (χ0) is 19.3. The van der Waals surface area contributed by atoms with Crippen molar-refractivity contribution in [2.45, 2.75) is 38.0 Å². The monoisotopic (exact) mass is 376 g/mol. The Balaban J connectivity index is 1.26. The average molecular weight is 377 g/mol. The number of H-pyrrole nitrogens is 1. The number of carbonyl (C=O) groups excluding carboxylic acids is 1. The molecule has 1 aromatic heterocycles. The topological polar surface area (TPSA) is 45.3 Å². The van der Waals surface area contributed by atoms with Crippen LogP contribution in [0.25, 0.3) is 10.9 Å². The number of hydrogen-bond acceptors (Lipinski definition) is 2. The number of rotatable bonds is 6. The van der Waals surface area contributed by atoms with Crippen LogP contribution < -0.4 is 4.74 Å². The lowest BCUT2D eigenvalue weighted by Crippen LogP contribution is -2.37. The van der Waals surface area contributed by atoms with Crippen LogP contribution >= 0.6 is 0 Å². The van der Waals surface area contributed by atoms with Gasteiger partial charge in [0.2, 0.25) is 5.91 Å². The van der Waals surface area contributed by atoms with Gasteiger partial charge in [0.15, 0.2) is 0 Å². The average Bonchev–Trinajstić information content (AvgIpc) is 3.16. The van der Waals surface area contributed by atoms with E-state index in [2.05, 4.69) is 52.5 Å². The van der Waals surface area contributed by atoms with Crippen molar-refractivity contribution >= 4 is 16.8 Å². The number of hydrogen-bond donors (Lipinski definition) is 1. The van der Waals surface area contributed by atoms with E-state index in [1.807, 2.05) is 12.1 Å². The summed E-state index contributed by atoms with van der Waals surface area (Å²) in [4.78, 5) is 18.0. The molecule has 4 rings (SSSR count). The second kappa shape index (κ2) is 8.51. The summed E-state index contributed by atoms with van der Waals surface area (Å²) >= 11 is 0. The standard InChI is InChI=1S/C24H28N2O2/c1-28-21-10-11-22-20(17-25-23(22)16-21)8-5-9-24(27)26-14-12-19(13-15-26)18-6-3-2-4-7-18/h2-4,6-7,10-11,16-17,19,25H,5,8-9,12-15H2,1H3. The summed E-state index contributed by atoms with van der Waals surface area (Å²) in [6.45, 7) is 1.76. The molecule has 4 nitrogen and oxygen atoms in total. The molecule has 0 aliphatic carbocycles. The van der Waals surface area contributed by atoms with Gasteiger partial charge in [-0.05, 0) is 54.9 Å². The summed E-state index contributed by atoms with van der Waals surface area (Å²) in [5, 5.41) is 1.22. The quantitative estimate of drug-likeness (QED) is 0.665. The molecule has 3 aromatic rings. The second-order valence-electron chi connectivity index (χ2n) is 7.64. The fourth-order valence-electron chi connectivity index (χ4n) is 4.27. The van der Waals surface area contributed by atoms with Crippen LogP contribution in [0.1, 0.15) is 42.7 Å². The summed E-state index contributed by atoms with van der Waals surface area (Å²) in [5.74, 6) is 1.75. The highest BCUT2D eigenvalue weighted by molar-refractivity contribution is 5.84. The molecule has 0 spiro atoms. The lowest BCUT2D eigenvalue weighted by atomic mass is 9.89. The van der Waals surface area contributed by atoms with E-state index < -0.39 is 0 Å². The molecule has 28 heavy (non-hydrogen) atoms. The predicted molar refractivity (Wildman–Crippen MR) is 113 cm³/mol. The van der Waals surface area contributed by atoms with E-state index in [0.29, 0.717) is 18.2 Å². The Kier molecular flexibility index (Phi) is 5.65. The molecule has 1 fully saturated rings. The van der Waals surface area contributed by atoms with E-state index in [-0.39, 0.29) is 0 Å². The number of benzene rings is 2. The molecular weight excluding hydrogens is 348 g/mol. The first-order chi connectivity index (χ1) is 13.7. The van der Waals surface area contributed by atoms with E-state index in [1.165, 1.54) is 16.5 Å². The van der Waals surface area contributed by atoms with E-state index >= 15 is 0 Å². The fourth-order valence-corrected chi connectivity index (χ4v) is 4.27. The van der Waals surface area contributed by atoms with Crippen molar-refractivity contribution in [3.63, 3.8) is 0 Å². The van der Waals surface area contributed by atoms with Crippen LogP contribution in [0.2, 0.25) is 0 Å². The van der Waals surface area contributed by atoms with Crippen molar-refractivity contribution in [3.8, 4) is 5.75 Å². The number of piperidine rings is 1. The molecule has 1 amide bonds. The highest BCUT2D eigenvalue weighted by atomic mass is 16.5. The molecule has 0 bridgehead atoms. The molecule has 2 heterocycles. The minimum absolute atomic E-state index is 0.299. The number of ether oxygens (including phenoxy) is 1. The number of aryl methyl sites for hydroxylation is 1. The van der Waals surface area contributed by atoms with Gasteiger partial charge in [-0.15, -0.1) is 0 Å². The van der Waals surface area contributed by atoms with E-state index in [1.54, 1.807) is 7.11 Å². The Morgan fingerprint density at radius 3 is 2.68 bits per heavy atom. The zero-order valence-corrected chi connectivity index (χ0v) is 16.5. The highest BCUT2D eigenvalue weighted by Gasteiger charge is 2.23. The number of methoxy groups -OCH3 is 1. The lowest BCUT2D eigenvalue weighted by Gasteiger charge is -2.32. The van der Waals surface area contributed by atoms with Crippen LogP contribution in [0.15, 0.2) is 54.7 Å². The zero-order valence-electron chi connectivity index (χ0n) is 16.5. The first kappa shape index (κ1) is 18.6.